The molecular formula is C19H16N4O3. The van der Waals surface area contributed by atoms with E-state index < -0.39 is 4.92 Å². The molecule has 0 saturated heterocycles. The van der Waals surface area contributed by atoms with Gasteiger partial charge in [0, 0.05) is 36.6 Å². The summed E-state index contributed by atoms with van der Waals surface area (Å²) in [5.74, 6) is 0.272. The van der Waals surface area contributed by atoms with Crippen LogP contribution < -0.4 is 4.90 Å². The van der Waals surface area contributed by atoms with Crippen LogP contribution in [0.25, 0.3) is 11.4 Å². The van der Waals surface area contributed by atoms with E-state index in [1.54, 1.807) is 14.0 Å². The highest BCUT2D eigenvalue weighted by Gasteiger charge is 2.18. The molecule has 0 aliphatic heterocycles. The van der Waals surface area contributed by atoms with Crippen LogP contribution in [-0.4, -0.2) is 27.8 Å². The second kappa shape index (κ2) is 7.10. The summed E-state index contributed by atoms with van der Waals surface area (Å²) in [4.78, 5) is 33.1. The first-order valence-electron chi connectivity index (χ1n) is 7.89. The first-order valence-corrected chi connectivity index (χ1v) is 7.89. The maximum absolute atomic E-state index is 12.7. The Kier molecular flexibility index (Phi) is 4.70. The molecular weight excluding hydrogens is 332 g/mol. The number of amides is 1. The van der Waals surface area contributed by atoms with E-state index in [2.05, 4.69) is 9.97 Å². The molecule has 0 fully saturated rings. The average molecular weight is 348 g/mol. The van der Waals surface area contributed by atoms with Crippen molar-refractivity contribution in [1.82, 2.24) is 9.97 Å². The Morgan fingerprint density at radius 2 is 1.73 bits per heavy atom. The number of hydrogen-bond acceptors (Lipinski definition) is 5. The first kappa shape index (κ1) is 17.2. The summed E-state index contributed by atoms with van der Waals surface area (Å²) < 4.78 is 0. The molecule has 1 amide bonds. The third kappa shape index (κ3) is 3.41. The number of non-ortho nitro benzene ring substituents is 1. The Bertz CT molecular complexity index is 956. The molecule has 7 heteroatoms. The fourth-order valence-electron chi connectivity index (χ4n) is 2.50. The van der Waals surface area contributed by atoms with Crippen LogP contribution in [0.2, 0.25) is 0 Å². The smallest absolute Gasteiger partial charge is 0.269 e. The van der Waals surface area contributed by atoms with Gasteiger partial charge in [0.05, 0.1) is 16.2 Å². The average Bonchev–Trinajstić information content (AvgIpc) is 2.67. The Labute approximate surface area is 150 Å². The molecule has 0 saturated carbocycles. The van der Waals surface area contributed by atoms with Crippen LogP contribution in [0.3, 0.4) is 0 Å². The SMILES string of the molecule is Cc1nc(-c2ccccc2)ncc1C(=O)N(C)c1ccc([N+](=O)[O-])cc1. The maximum atomic E-state index is 12.7. The van der Waals surface area contributed by atoms with Gasteiger partial charge in [-0.25, -0.2) is 9.97 Å². The van der Waals surface area contributed by atoms with Gasteiger partial charge in [-0.05, 0) is 19.1 Å². The van der Waals surface area contributed by atoms with Crippen LogP contribution >= 0.6 is 0 Å². The van der Waals surface area contributed by atoms with E-state index in [1.165, 1.54) is 35.4 Å². The van der Waals surface area contributed by atoms with E-state index in [9.17, 15) is 14.9 Å². The molecule has 0 spiro atoms. The number of aromatic nitrogens is 2. The van der Waals surface area contributed by atoms with Crippen LogP contribution in [0.4, 0.5) is 11.4 Å². The molecule has 0 aliphatic carbocycles. The van der Waals surface area contributed by atoms with E-state index in [4.69, 9.17) is 0 Å². The molecule has 3 rings (SSSR count). The lowest BCUT2D eigenvalue weighted by Crippen LogP contribution is -2.27. The minimum Gasteiger partial charge on any atom is -0.311 e. The zero-order valence-electron chi connectivity index (χ0n) is 14.3. The number of carbonyl (C=O) groups excluding carboxylic acids is 1. The fourth-order valence-corrected chi connectivity index (χ4v) is 2.50. The van der Waals surface area contributed by atoms with E-state index >= 15 is 0 Å². The summed E-state index contributed by atoms with van der Waals surface area (Å²) in [6.45, 7) is 1.75. The second-order valence-electron chi connectivity index (χ2n) is 5.70. The van der Waals surface area contributed by atoms with Crippen LogP contribution in [0, 0.1) is 17.0 Å². The summed E-state index contributed by atoms with van der Waals surface area (Å²) in [6, 6.07) is 15.3. The topological polar surface area (TPSA) is 89.2 Å². The Hall–Kier alpha value is -3.61. The van der Waals surface area contributed by atoms with Crippen LogP contribution in [0.5, 0.6) is 0 Å². The van der Waals surface area contributed by atoms with Gasteiger partial charge in [-0.15, -0.1) is 0 Å². The molecule has 0 bridgehead atoms. The number of anilines is 1. The van der Waals surface area contributed by atoms with Gasteiger partial charge in [-0.3, -0.25) is 14.9 Å². The molecule has 0 unspecified atom stereocenters. The summed E-state index contributed by atoms with van der Waals surface area (Å²) in [6.07, 6.45) is 1.51. The molecule has 7 nitrogen and oxygen atoms in total. The number of carbonyl (C=O) groups is 1. The van der Waals surface area contributed by atoms with Gasteiger partial charge in [0.15, 0.2) is 5.82 Å². The number of nitro groups is 1. The van der Waals surface area contributed by atoms with Crippen molar-refractivity contribution >= 4 is 17.3 Å². The molecule has 26 heavy (non-hydrogen) atoms. The van der Waals surface area contributed by atoms with Gasteiger partial charge < -0.3 is 4.90 Å². The normalized spacial score (nSPS) is 10.4. The first-order chi connectivity index (χ1) is 12.5. The summed E-state index contributed by atoms with van der Waals surface area (Å²) >= 11 is 0. The van der Waals surface area contributed by atoms with E-state index in [0.29, 0.717) is 22.8 Å². The van der Waals surface area contributed by atoms with Crippen LogP contribution in [0.1, 0.15) is 16.1 Å². The second-order valence-corrected chi connectivity index (χ2v) is 5.70. The number of rotatable bonds is 4. The highest BCUT2D eigenvalue weighted by atomic mass is 16.6. The zero-order chi connectivity index (χ0) is 18.7. The molecule has 1 aromatic heterocycles. The van der Waals surface area contributed by atoms with Crippen molar-refractivity contribution in [2.45, 2.75) is 6.92 Å². The van der Waals surface area contributed by atoms with Crippen LogP contribution in [0.15, 0.2) is 60.8 Å². The van der Waals surface area contributed by atoms with E-state index in [-0.39, 0.29) is 11.6 Å². The lowest BCUT2D eigenvalue weighted by Gasteiger charge is -2.18. The summed E-state index contributed by atoms with van der Waals surface area (Å²) in [5, 5.41) is 10.7. The lowest BCUT2D eigenvalue weighted by atomic mass is 10.1. The third-order valence-corrected chi connectivity index (χ3v) is 3.99. The molecule has 2 aromatic carbocycles. The predicted octanol–water partition coefficient (Wildman–Crippen LogP) is 3.64. The summed E-state index contributed by atoms with van der Waals surface area (Å²) in [7, 11) is 1.61. The van der Waals surface area contributed by atoms with Gasteiger partial charge in [0.25, 0.3) is 11.6 Å². The third-order valence-electron chi connectivity index (χ3n) is 3.99. The Morgan fingerprint density at radius 1 is 1.08 bits per heavy atom. The Morgan fingerprint density at radius 3 is 2.31 bits per heavy atom. The molecule has 0 aliphatic rings. The van der Waals surface area contributed by atoms with E-state index in [1.807, 2.05) is 30.3 Å². The fraction of sp³-hybridized carbons (Fsp3) is 0.105. The maximum Gasteiger partial charge on any atom is 0.269 e. The van der Waals surface area contributed by atoms with Gasteiger partial charge >= 0.3 is 0 Å². The molecule has 3 aromatic rings. The molecule has 130 valence electrons. The minimum absolute atomic E-state index is 0.0265. The van der Waals surface area contributed by atoms with Crippen molar-refractivity contribution < 1.29 is 9.72 Å². The summed E-state index contributed by atoms with van der Waals surface area (Å²) in [5.41, 5.74) is 2.34. The van der Waals surface area contributed by atoms with Crippen LogP contribution in [-0.2, 0) is 0 Å². The van der Waals surface area contributed by atoms with Gasteiger partial charge in [0.2, 0.25) is 0 Å². The van der Waals surface area contributed by atoms with Gasteiger partial charge in [0.1, 0.15) is 0 Å². The molecule has 1 heterocycles. The van der Waals surface area contributed by atoms with Gasteiger partial charge in [-0.1, -0.05) is 30.3 Å². The minimum atomic E-state index is -0.480. The molecule has 0 atom stereocenters. The number of benzene rings is 2. The monoisotopic (exact) mass is 348 g/mol. The number of aryl methyl sites for hydroxylation is 1. The van der Waals surface area contributed by atoms with Crippen molar-refractivity contribution in [2.24, 2.45) is 0 Å². The number of nitro benzene ring substituents is 1. The quantitative estimate of drug-likeness (QED) is 0.530. The van der Waals surface area contributed by atoms with Gasteiger partial charge in [-0.2, -0.15) is 0 Å². The molecule has 0 radical (unpaired) electrons. The Balaban J connectivity index is 1.86. The van der Waals surface area contributed by atoms with Crippen molar-refractivity contribution in [2.75, 3.05) is 11.9 Å². The van der Waals surface area contributed by atoms with Crippen molar-refractivity contribution in [1.29, 1.82) is 0 Å². The number of nitrogens with zero attached hydrogens (tertiary/aromatic N) is 4. The standard InChI is InChI=1S/C19H16N4O3/c1-13-17(12-20-18(21-13)14-6-4-3-5-7-14)19(24)22(2)15-8-10-16(11-9-15)23(25)26/h3-12H,1-2H3. The number of hydrogen-bond donors (Lipinski definition) is 0. The van der Waals surface area contributed by atoms with Crippen molar-refractivity contribution in [3.63, 3.8) is 0 Å². The largest absolute Gasteiger partial charge is 0.311 e. The highest BCUT2D eigenvalue weighted by molar-refractivity contribution is 6.06. The van der Waals surface area contributed by atoms with Crippen molar-refractivity contribution in [3.8, 4) is 11.4 Å². The highest BCUT2D eigenvalue weighted by Crippen LogP contribution is 2.21. The lowest BCUT2D eigenvalue weighted by molar-refractivity contribution is -0.384. The molecule has 0 N–H and O–H groups in total. The zero-order valence-corrected chi connectivity index (χ0v) is 14.3. The van der Waals surface area contributed by atoms with E-state index in [0.717, 1.165) is 5.56 Å². The van der Waals surface area contributed by atoms with Crippen molar-refractivity contribution in [3.05, 3.63) is 82.2 Å². The predicted molar refractivity (Wildman–Crippen MR) is 98.0 cm³/mol.